The fourth-order valence-corrected chi connectivity index (χ4v) is 2.26. The lowest BCUT2D eigenvalue weighted by Crippen LogP contribution is -2.24. The number of ether oxygens (including phenoxy) is 1. The Balaban J connectivity index is 1.91. The number of halogens is 3. The Bertz CT molecular complexity index is 613. The van der Waals surface area contributed by atoms with Crippen molar-refractivity contribution in [3.05, 3.63) is 58.6 Å². The van der Waals surface area contributed by atoms with Crippen molar-refractivity contribution in [2.75, 3.05) is 11.9 Å². The predicted octanol–water partition coefficient (Wildman–Crippen LogP) is 4.16. The molecule has 0 radical (unpaired) electrons. The quantitative estimate of drug-likeness (QED) is 0.847. The molecule has 19 heavy (non-hydrogen) atoms. The molecule has 2 aromatic carbocycles. The molecule has 0 saturated carbocycles. The molecule has 0 fully saturated rings. The molecular formula is C14H10ClF2NO. The summed E-state index contributed by atoms with van der Waals surface area (Å²) in [4.78, 5) is 0. The first-order valence-corrected chi connectivity index (χ1v) is 6.14. The molecule has 0 spiro atoms. The largest absolute Gasteiger partial charge is 0.489 e. The Morgan fingerprint density at radius 1 is 1.11 bits per heavy atom. The van der Waals surface area contributed by atoms with Crippen molar-refractivity contribution in [3.63, 3.8) is 0 Å². The Morgan fingerprint density at radius 2 is 1.84 bits per heavy atom. The fourth-order valence-electron chi connectivity index (χ4n) is 2.09. The monoisotopic (exact) mass is 281 g/mol. The maximum atomic E-state index is 13.2. The smallest absolute Gasteiger partial charge is 0.144 e. The van der Waals surface area contributed by atoms with Gasteiger partial charge in [-0.2, -0.15) is 0 Å². The van der Waals surface area contributed by atoms with Gasteiger partial charge in [0, 0.05) is 17.2 Å². The van der Waals surface area contributed by atoms with E-state index in [0.29, 0.717) is 16.3 Å². The van der Waals surface area contributed by atoms with Gasteiger partial charge in [0.1, 0.15) is 24.0 Å². The molecule has 1 heterocycles. The molecular weight excluding hydrogens is 272 g/mol. The van der Waals surface area contributed by atoms with Crippen LogP contribution in [0.3, 0.4) is 0 Å². The molecule has 0 bridgehead atoms. The van der Waals surface area contributed by atoms with Gasteiger partial charge < -0.3 is 10.1 Å². The predicted molar refractivity (Wildman–Crippen MR) is 69.7 cm³/mol. The first-order valence-electron chi connectivity index (χ1n) is 5.77. The van der Waals surface area contributed by atoms with Gasteiger partial charge in [0.2, 0.25) is 0 Å². The van der Waals surface area contributed by atoms with Gasteiger partial charge in [-0.05, 0) is 29.8 Å². The van der Waals surface area contributed by atoms with E-state index < -0.39 is 11.6 Å². The lowest BCUT2D eigenvalue weighted by molar-refractivity contribution is 0.286. The lowest BCUT2D eigenvalue weighted by Gasteiger charge is -2.28. The molecule has 1 N–H and O–H groups in total. The third kappa shape index (κ3) is 2.49. The number of hydrogen-bond donors (Lipinski definition) is 1. The molecule has 1 aliphatic heterocycles. The van der Waals surface area contributed by atoms with Crippen LogP contribution in [0.25, 0.3) is 0 Å². The topological polar surface area (TPSA) is 21.3 Å². The Morgan fingerprint density at radius 3 is 2.58 bits per heavy atom. The highest BCUT2D eigenvalue weighted by Gasteiger charge is 2.21. The highest BCUT2D eigenvalue weighted by molar-refractivity contribution is 6.30. The van der Waals surface area contributed by atoms with Crippen molar-refractivity contribution >= 4 is 17.3 Å². The second-order valence-corrected chi connectivity index (χ2v) is 4.79. The average Bonchev–Trinajstić information content (AvgIpc) is 2.37. The fraction of sp³-hybridized carbons (Fsp3) is 0.143. The van der Waals surface area contributed by atoms with Crippen LogP contribution in [0.1, 0.15) is 11.6 Å². The summed E-state index contributed by atoms with van der Waals surface area (Å²) in [5, 5.41) is 3.76. The Hall–Kier alpha value is -1.81. The van der Waals surface area contributed by atoms with Crippen LogP contribution in [0.15, 0.2) is 36.4 Å². The zero-order valence-corrected chi connectivity index (χ0v) is 10.5. The highest BCUT2D eigenvalue weighted by Crippen LogP contribution is 2.35. The Kier molecular flexibility index (Phi) is 3.03. The summed E-state index contributed by atoms with van der Waals surface area (Å²) >= 11 is 5.86. The van der Waals surface area contributed by atoms with Crippen LogP contribution in [0, 0.1) is 11.6 Å². The number of benzene rings is 2. The number of fused-ring (bicyclic) bond motifs is 1. The van der Waals surface area contributed by atoms with Crippen LogP contribution < -0.4 is 10.1 Å². The van der Waals surface area contributed by atoms with Crippen LogP contribution in [0.5, 0.6) is 5.75 Å². The average molecular weight is 282 g/mol. The molecule has 2 nitrogen and oxygen atoms in total. The standard InChI is InChI=1S/C14H10ClF2NO/c15-9-1-2-12-14(5-9)19-7-13(18-12)8-3-10(16)6-11(17)4-8/h1-6,13,18H,7H2/t13-/m1/s1. The first-order chi connectivity index (χ1) is 9.11. The summed E-state index contributed by atoms with van der Waals surface area (Å²) < 4.78 is 32.0. The van der Waals surface area contributed by atoms with Gasteiger partial charge in [-0.3, -0.25) is 0 Å². The SMILES string of the molecule is Fc1cc(F)cc([C@H]2COc3cc(Cl)ccc3N2)c1. The van der Waals surface area contributed by atoms with Crippen LogP contribution in [0.4, 0.5) is 14.5 Å². The van der Waals surface area contributed by atoms with Crippen molar-refractivity contribution in [2.45, 2.75) is 6.04 Å². The summed E-state index contributed by atoms with van der Waals surface area (Å²) in [6, 6.07) is 8.35. The van der Waals surface area contributed by atoms with Crippen molar-refractivity contribution in [2.24, 2.45) is 0 Å². The van der Waals surface area contributed by atoms with Crippen LogP contribution in [-0.4, -0.2) is 6.61 Å². The molecule has 0 aromatic heterocycles. The maximum Gasteiger partial charge on any atom is 0.144 e. The summed E-state index contributed by atoms with van der Waals surface area (Å²) in [6.07, 6.45) is 0. The third-order valence-corrected chi connectivity index (χ3v) is 3.20. The van der Waals surface area contributed by atoms with Gasteiger partial charge in [-0.1, -0.05) is 11.6 Å². The number of hydrogen-bond acceptors (Lipinski definition) is 2. The van der Waals surface area contributed by atoms with Crippen molar-refractivity contribution in [3.8, 4) is 5.75 Å². The second-order valence-electron chi connectivity index (χ2n) is 4.35. The van der Waals surface area contributed by atoms with Crippen LogP contribution in [-0.2, 0) is 0 Å². The summed E-state index contributed by atoms with van der Waals surface area (Å²) in [6.45, 7) is 0.288. The minimum absolute atomic E-state index is 0.288. The molecule has 0 saturated heterocycles. The van der Waals surface area contributed by atoms with Gasteiger partial charge >= 0.3 is 0 Å². The van der Waals surface area contributed by atoms with E-state index in [1.165, 1.54) is 12.1 Å². The van der Waals surface area contributed by atoms with Crippen LogP contribution >= 0.6 is 11.6 Å². The molecule has 0 amide bonds. The maximum absolute atomic E-state index is 13.2. The van der Waals surface area contributed by atoms with Crippen molar-refractivity contribution in [1.82, 2.24) is 0 Å². The molecule has 1 atom stereocenters. The zero-order valence-electron chi connectivity index (χ0n) is 9.79. The summed E-state index contributed by atoms with van der Waals surface area (Å²) in [7, 11) is 0. The van der Waals surface area contributed by atoms with E-state index in [9.17, 15) is 8.78 Å². The van der Waals surface area contributed by atoms with Gasteiger partial charge in [0.25, 0.3) is 0 Å². The first kappa shape index (κ1) is 12.2. The summed E-state index contributed by atoms with van der Waals surface area (Å²) in [5.74, 6) is -0.557. The minimum atomic E-state index is -0.598. The van der Waals surface area contributed by atoms with Gasteiger partial charge in [-0.25, -0.2) is 8.78 Å². The molecule has 5 heteroatoms. The molecule has 0 aliphatic carbocycles. The van der Waals surface area contributed by atoms with Gasteiger partial charge in [-0.15, -0.1) is 0 Å². The van der Waals surface area contributed by atoms with Crippen molar-refractivity contribution < 1.29 is 13.5 Å². The van der Waals surface area contributed by atoms with E-state index in [0.717, 1.165) is 11.8 Å². The third-order valence-electron chi connectivity index (χ3n) is 2.97. The van der Waals surface area contributed by atoms with E-state index in [2.05, 4.69) is 5.32 Å². The van der Waals surface area contributed by atoms with Gasteiger partial charge in [0.05, 0.1) is 11.7 Å². The van der Waals surface area contributed by atoms with E-state index in [-0.39, 0.29) is 12.6 Å². The molecule has 3 rings (SSSR count). The Labute approximate surface area is 114 Å². The van der Waals surface area contributed by atoms with E-state index in [1.807, 2.05) is 0 Å². The zero-order chi connectivity index (χ0) is 13.4. The second kappa shape index (κ2) is 4.70. The molecule has 2 aromatic rings. The highest BCUT2D eigenvalue weighted by atomic mass is 35.5. The van der Waals surface area contributed by atoms with E-state index >= 15 is 0 Å². The molecule has 1 aliphatic rings. The normalized spacial score (nSPS) is 17.3. The lowest BCUT2D eigenvalue weighted by atomic mass is 10.1. The molecule has 98 valence electrons. The van der Waals surface area contributed by atoms with Crippen molar-refractivity contribution in [1.29, 1.82) is 0 Å². The number of nitrogens with one attached hydrogen (secondary N) is 1. The van der Waals surface area contributed by atoms with E-state index in [1.54, 1.807) is 18.2 Å². The minimum Gasteiger partial charge on any atom is -0.489 e. The molecule has 0 unspecified atom stereocenters. The summed E-state index contributed by atoms with van der Waals surface area (Å²) in [5.41, 5.74) is 1.27. The van der Waals surface area contributed by atoms with E-state index in [4.69, 9.17) is 16.3 Å². The number of anilines is 1. The van der Waals surface area contributed by atoms with Gasteiger partial charge in [0.15, 0.2) is 0 Å². The number of rotatable bonds is 1. The van der Waals surface area contributed by atoms with Crippen LogP contribution in [0.2, 0.25) is 5.02 Å².